The Morgan fingerprint density at radius 2 is 1.75 bits per heavy atom. The third-order valence-electron chi connectivity index (χ3n) is 4.09. The average molecular weight is 326 g/mol. The molecule has 1 unspecified atom stereocenters. The van der Waals surface area contributed by atoms with Crippen LogP contribution in [0.2, 0.25) is 0 Å². The quantitative estimate of drug-likeness (QED) is 0.753. The van der Waals surface area contributed by atoms with E-state index in [1.165, 1.54) is 0 Å². The van der Waals surface area contributed by atoms with Gasteiger partial charge in [-0.1, -0.05) is 0 Å². The number of rotatable bonds is 3. The van der Waals surface area contributed by atoms with Crippen molar-refractivity contribution in [2.75, 3.05) is 32.4 Å². The van der Waals surface area contributed by atoms with Gasteiger partial charge in [-0.25, -0.2) is 13.1 Å². The summed E-state index contributed by atoms with van der Waals surface area (Å²) < 4.78 is 24.7. The predicted molar refractivity (Wildman–Crippen MR) is 80.4 cm³/mol. The van der Waals surface area contributed by atoms with Gasteiger partial charge in [0.05, 0.1) is 12.3 Å². The molecular formula is C12H24ClN3O3S. The summed E-state index contributed by atoms with van der Waals surface area (Å²) in [5.41, 5.74) is 0. The number of likely N-dealkylation sites (tertiary alicyclic amines) is 1. The van der Waals surface area contributed by atoms with Crippen LogP contribution in [0.25, 0.3) is 0 Å². The molecule has 2 N–H and O–H groups in total. The van der Waals surface area contributed by atoms with Crippen LogP contribution in [0.1, 0.15) is 19.8 Å². The molecule has 2 saturated heterocycles. The van der Waals surface area contributed by atoms with Crippen molar-refractivity contribution in [3.05, 3.63) is 0 Å². The first-order valence-electron chi connectivity index (χ1n) is 6.83. The summed E-state index contributed by atoms with van der Waals surface area (Å²) >= 11 is 0. The lowest BCUT2D eigenvalue weighted by Gasteiger charge is -2.24. The van der Waals surface area contributed by atoms with Crippen molar-refractivity contribution in [1.82, 2.24) is 14.9 Å². The second kappa shape index (κ2) is 7.06. The highest BCUT2D eigenvalue weighted by atomic mass is 35.5. The fourth-order valence-corrected chi connectivity index (χ4v) is 3.83. The Morgan fingerprint density at radius 1 is 1.25 bits per heavy atom. The van der Waals surface area contributed by atoms with E-state index < -0.39 is 16.1 Å². The molecule has 0 aromatic rings. The number of carbonyl (C=O) groups is 1. The van der Waals surface area contributed by atoms with Gasteiger partial charge in [0.25, 0.3) is 0 Å². The normalized spacial score (nSPS) is 28.2. The van der Waals surface area contributed by atoms with E-state index in [1.54, 1.807) is 11.8 Å². The van der Waals surface area contributed by atoms with Gasteiger partial charge in [-0.15, -0.1) is 12.4 Å². The summed E-state index contributed by atoms with van der Waals surface area (Å²) in [6, 6.07) is -0.675. The molecule has 0 spiro atoms. The highest BCUT2D eigenvalue weighted by Crippen LogP contribution is 2.27. The summed E-state index contributed by atoms with van der Waals surface area (Å²) in [6.45, 7) is 5.17. The van der Waals surface area contributed by atoms with Crippen LogP contribution < -0.4 is 10.0 Å². The number of sulfonamides is 1. The van der Waals surface area contributed by atoms with Gasteiger partial charge in [0.1, 0.15) is 0 Å². The molecule has 2 aliphatic heterocycles. The zero-order chi connectivity index (χ0) is 14.0. The third-order valence-corrected chi connectivity index (χ3v) is 4.87. The van der Waals surface area contributed by atoms with Gasteiger partial charge in [0, 0.05) is 13.1 Å². The second-order valence-corrected chi connectivity index (χ2v) is 7.47. The summed E-state index contributed by atoms with van der Waals surface area (Å²) in [5, 5.41) is 3.39. The number of halogens is 1. The molecule has 2 aliphatic rings. The molecule has 2 fully saturated rings. The number of nitrogens with one attached hydrogen (secondary N) is 2. The minimum absolute atomic E-state index is 0. The maximum Gasteiger partial charge on any atom is 0.240 e. The molecule has 20 heavy (non-hydrogen) atoms. The van der Waals surface area contributed by atoms with Crippen molar-refractivity contribution in [1.29, 1.82) is 0 Å². The second-order valence-electron chi connectivity index (χ2n) is 5.69. The lowest BCUT2D eigenvalue weighted by molar-refractivity contribution is -0.132. The van der Waals surface area contributed by atoms with E-state index in [4.69, 9.17) is 0 Å². The molecule has 0 aromatic heterocycles. The Labute approximate surface area is 127 Å². The summed E-state index contributed by atoms with van der Waals surface area (Å²) in [4.78, 5) is 14.0. The predicted octanol–water partition coefficient (Wildman–Crippen LogP) is -0.196. The van der Waals surface area contributed by atoms with Crippen LogP contribution in [-0.4, -0.2) is 57.7 Å². The Morgan fingerprint density at radius 3 is 2.20 bits per heavy atom. The van der Waals surface area contributed by atoms with Crippen molar-refractivity contribution in [2.24, 2.45) is 11.8 Å². The molecule has 118 valence electrons. The first-order chi connectivity index (χ1) is 8.87. The maximum absolute atomic E-state index is 12.2. The zero-order valence-corrected chi connectivity index (χ0v) is 13.6. The van der Waals surface area contributed by atoms with E-state index in [2.05, 4.69) is 10.0 Å². The Hall–Kier alpha value is -0.370. The number of nitrogens with zero attached hydrogens (tertiary/aromatic N) is 1. The van der Waals surface area contributed by atoms with Crippen molar-refractivity contribution >= 4 is 28.3 Å². The van der Waals surface area contributed by atoms with E-state index >= 15 is 0 Å². The maximum atomic E-state index is 12.2. The number of hydrogen-bond donors (Lipinski definition) is 2. The van der Waals surface area contributed by atoms with Gasteiger partial charge in [0.2, 0.25) is 15.9 Å². The highest BCUT2D eigenvalue weighted by Gasteiger charge is 2.32. The number of amides is 1. The summed E-state index contributed by atoms with van der Waals surface area (Å²) in [5.74, 6) is 1.21. The molecule has 2 heterocycles. The zero-order valence-electron chi connectivity index (χ0n) is 12.0. The number of hydrogen-bond acceptors (Lipinski definition) is 4. The monoisotopic (exact) mass is 325 g/mol. The Kier molecular flexibility index (Phi) is 6.25. The van der Waals surface area contributed by atoms with Crippen LogP contribution >= 0.6 is 12.4 Å². The lowest BCUT2D eigenvalue weighted by Crippen LogP contribution is -2.47. The first-order valence-corrected chi connectivity index (χ1v) is 8.73. The van der Waals surface area contributed by atoms with E-state index in [0.29, 0.717) is 11.8 Å². The molecule has 8 heteroatoms. The molecule has 1 amide bonds. The van der Waals surface area contributed by atoms with Crippen LogP contribution in [0.3, 0.4) is 0 Å². The van der Waals surface area contributed by atoms with Crippen molar-refractivity contribution in [3.63, 3.8) is 0 Å². The fraction of sp³-hybridized carbons (Fsp3) is 0.917. The standard InChI is InChI=1S/C12H23N3O3S.ClH/c1-9(14-19(2,17)18)12(16)15-5-3-10-7-13-8-11(10)4-6-15;/h9-11,13-14H,3-8H2,1-2H3;1H/t9?,10-,11+;. The summed E-state index contributed by atoms with van der Waals surface area (Å²) in [6.07, 6.45) is 3.10. The topological polar surface area (TPSA) is 78.5 Å². The molecule has 0 radical (unpaired) electrons. The van der Waals surface area contributed by atoms with Gasteiger partial charge in [0.15, 0.2) is 0 Å². The molecular weight excluding hydrogens is 302 g/mol. The van der Waals surface area contributed by atoms with Crippen molar-refractivity contribution in [2.45, 2.75) is 25.8 Å². The van der Waals surface area contributed by atoms with Crippen LogP contribution in [0.15, 0.2) is 0 Å². The molecule has 0 aliphatic carbocycles. The van der Waals surface area contributed by atoms with Gasteiger partial charge in [-0.2, -0.15) is 0 Å². The molecule has 0 aromatic carbocycles. The molecule has 6 nitrogen and oxygen atoms in total. The first kappa shape index (κ1) is 17.7. The molecule has 2 rings (SSSR count). The van der Waals surface area contributed by atoms with E-state index in [9.17, 15) is 13.2 Å². The van der Waals surface area contributed by atoms with Crippen LogP contribution in [0, 0.1) is 11.8 Å². The van der Waals surface area contributed by atoms with E-state index in [0.717, 1.165) is 45.3 Å². The number of carbonyl (C=O) groups excluding carboxylic acids is 1. The highest BCUT2D eigenvalue weighted by molar-refractivity contribution is 7.88. The third kappa shape index (κ3) is 4.58. The van der Waals surface area contributed by atoms with Gasteiger partial charge >= 0.3 is 0 Å². The SMILES string of the molecule is CC(NS(C)(=O)=O)C(=O)N1CC[C@@H]2CNC[C@@H]2CC1.Cl. The van der Waals surface area contributed by atoms with Crippen molar-refractivity contribution in [3.8, 4) is 0 Å². The Bertz CT molecular complexity index is 429. The lowest BCUT2D eigenvalue weighted by atomic mass is 9.92. The Balaban J connectivity index is 0.00000200. The largest absolute Gasteiger partial charge is 0.341 e. The van der Waals surface area contributed by atoms with Gasteiger partial charge < -0.3 is 10.2 Å². The van der Waals surface area contributed by atoms with Gasteiger partial charge in [-0.05, 0) is 44.7 Å². The minimum Gasteiger partial charge on any atom is -0.341 e. The minimum atomic E-state index is -3.34. The van der Waals surface area contributed by atoms with Crippen molar-refractivity contribution < 1.29 is 13.2 Å². The van der Waals surface area contributed by atoms with E-state index in [-0.39, 0.29) is 18.3 Å². The molecule has 3 atom stereocenters. The van der Waals surface area contributed by atoms with Crippen LogP contribution in [0.5, 0.6) is 0 Å². The van der Waals surface area contributed by atoms with E-state index in [1.807, 2.05) is 0 Å². The molecule has 0 bridgehead atoms. The number of fused-ring (bicyclic) bond motifs is 1. The average Bonchev–Trinajstić information content (AvgIpc) is 2.65. The van der Waals surface area contributed by atoms with Crippen LogP contribution in [-0.2, 0) is 14.8 Å². The summed E-state index contributed by atoms with van der Waals surface area (Å²) in [7, 11) is -3.34. The molecule has 0 saturated carbocycles. The van der Waals surface area contributed by atoms with Gasteiger partial charge in [-0.3, -0.25) is 4.79 Å². The fourth-order valence-electron chi connectivity index (χ4n) is 3.08. The van der Waals surface area contributed by atoms with Crippen LogP contribution in [0.4, 0.5) is 0 Å². The smallest absolute Gasteiger partial charge is 0.240 e.